The van der Waals surface area contributed by atoms with Crippen molar-refractivity contribution in [3.05, 3.63) is 27.9 Å². The molecule has 0 radical (unpaired) electrons. The summed E-state index contributed by atoms with van der Waals surface area (Å²) >= 11 is 0. The van der Waals surface area contributed by atoms with Gasteiger partial charge in [0.05, 0.1) is 6.20 Å². The van der Waals surface area contributed by atoms with Gasteiger partial charge in [0.1, 0.15) is 11.4 Å². The molecule has 0 amide bonds. The molecule has 7 nitrogen and oxygen atoms in total. The summed E-state index contributed by atoms with van der Waals surface area (Å²) in [5.41, 5.74) is -1.05. The molecule has 0 unspecified atom stereocenters. The number of aromatic carboxylic acids is 1. The Morgan fingerprint density at radius 2 is 2.36 bits per heavy atom. The Morgan fingerprint density at radius 3 is 3.00 bits per heavy atom. The number of carboxylic acids is 1. The highest BCUT2D eigenvalue weighted by Crippen LogP contribution is 1.95. The van der Waals surface area contributed by atoms with Crippen molar-refractivity contribution >= 4 is 11.7 Å². The third kappa shape index (κ3) is 1.06. The predicted octanol–water partition coefficient (Wildman–Crippen LogP) is -0.576. The molecule has 0 saturated heterocycles. The van der Waals surface area contributed by atoms with Crippen molar-refractivity contribution < 1.29 is 9.90 Å². The van der Waals surface area contributed by atoms with Gasteiger partial charge in [-0.2, -0.15) is 9.50 Å². The van der Waals surface area contributed by atoms with Gasteiger partial charge in [-0.25, -0.2) is 9.78 Å². The van der Waals surface area contributed by atoms with Crippen LogP contribution in [-0.2, 0) is 0 Å². The minimum atomic E-state index is -1.30. The summed E-state index contributed by atoms with van der Waals surface area (Å²) in [5, 5.41) is 11.2. The number of nitrogens with one attached hydrogen (secondary N) is 1. The quantitative estimate of drug-likeness (QED) is 0.632. The van der Waals surface area contributed by atoms with E-state index in [9.17, 15) is 9.59 Å². The Bertz CT molecular complexity index is 568. The van der Waals surface area contributed by atoms with Crippen LogP contribution < -0.4 is 5.56 Å². The minimum absolute atomic E-state index is 0.164. The molecule has 2 aromatic heterocycles. The lowest BCUT2D eigenvalue weighted by molar-refractivity contribution is 0.0694. The Balaban J connectivity index is 2.88. The maximum absolute atomic E-state index is 11.5. The number of H-pyrrole nitrogens is 1. The Morgan fingerprint density at radius 1 is 1.64 bits per heavy atom. The van der Waals surface area contributed by atoms with Crippen molar-refractivity contribution in [3.8, 4) is 0 Å². The second-order valence-corrected chi connectivity index (χ2v) is 2.73. The lowest BCUT2D eigenvalue weighted by atomic mass is 10.3. The molecule has 0 aliphatic rings. The summed E-state index contributed by atoms with van der Waals surface area (Å²) in [6.45, 7) is 1.65. The maximum atomic E-state index is 11.5. The molecule has 2 N–H and O–H groups in total. The summed E-state index contributed by atoms with van der Waals surface area (Å²) in [7, 11) is 0. The molecule has 72 valence electrons. The molecule has 0 aromatic carbocycles. The number of aromatic amines is 1. The van der Waals surface area contributed by atoms with Crippen LogP contribution in [0.5, 0.6) is 0 Å². The Hall–Kier alpha value is -2.18. The largest absolute Gasteiger partial charge is 0.477 e. The van der Waals surface area contributed by atoms with Crippen LogP contribution in [0, 0.1) is 6.92 Å². The molecule has 0 spiro atoms. The Kier molecular flexibility index (Phi) is 1.60. The van der Waals surface area contributed by atoms with Gasteiger partial charge in [-0.15, -0.1) is 0 Å². The first-order valence-electron chi connectivity index (χ1n) is 3.77. The summed E-state index contributed by atoms with van der Waals surface area (Å²) < 4.78 is 0.999. The van der Waals surface area contributed by atoms with Crippen LogP contribution in [0.4, 0.5) is 0 Å². The monoisotopic (exact) mass is 194 g/mol. The average Bonchev–Trinajstić information content (AvgIpc) is 2.46. The number of hydrogen-bond donors (Lipinski definition) is 2. The standard InChI is InChI=1S/C7H6N4O3/c1-3-9-7-8-2-4(6(13)14)5(12)11(7)10-3/h2H,1H3,(H,13,14)(H,8,9,10). The number of aromatic nitrogens is 4. The van der Waals surface area contributed by atoms with Gasteiger partial charge in [-0.1, -0.05) is 0 Å². The fourth-order valence-corrected chi connectivity index (χ4v) is 1.11. The van der Waals surface area contributed by atoms with E-state index in [0.29, 0.717) is 5.82 Å². The van der Waals surface area contributed by atoms with Gasteiger partial charge in [0.25, 0.3) is 11.3 Å². The van der Waals surface area contributed by atoms with Crippen molar-refractivity contribution in [2.45, 2.75) is 6.92 Å². The number of carboxylic acid groups (broad SMARTS) is 1. The molecule has 2 rings (SSSR count). The average molecular weight is 194 g/mol. The molecule has 0 aliphatic carbocycles. The number of hydrogen-bond acceptors (Lipinski definition) is 4. The number of fused-ring (bicyclic) bond motifs is 1. The molecular weight excluding hydrogens is 188 g/mol. The third-order valence-electron chi connectivity index (χ3n) is 1.71. The maximum Gasteiger partial charge on any atom is 0.343 e. The second-order valence-electron chi connectivity index (χ2n) is 2.73. The van der Waals surface area contributed by atoms with Crippen LogP contribution in [0.2, 0.25) is 0 Å². The van der Waals surface area contributed by atoms with Crippen LogP contribution in [0.15, 0.2) is 11.0 Å². The van der Waals surface area contributed by atoms with Gasteiger partial charge in [0.15, 0.2) is 0 Å². The van der Waals surface area contributed by atoms with Crippen LogP contribution in [-0.4, -0.2) is 30.7 Å². The molecule has 0 fully saturated rings. The predicted molar refractivity (Wildman–Crippen MR) is 45.3 cm³/mol. The van der Waals surface area contributed by atoms with Crippen molar-refractivity contribution in [2.24, 2.45) is 0 Å². The fraction of sp³-hybridized carbons (Fsp3) is 0.143. The summed E-state index contributed by atoms with van der Waals surface area (Å²) in [6, 6.07) is 0. The lowest BCUT2D eigenvalue weighted by Gasteiger charge is -1.92. The number of aryl methyl sites for hydroxylation is 1. The third-order valence-corrected chi connectivity index (χ3v) is 1.71. The van der Waals surface area contributed by atoms with Gasteiger partial charge in [-0.05, 0) is 6.92 Å². The lowest BCUT2D eigenvalue weighted by Crippen LogP contribution is -2.23. The van der Waals surface area contributed by atoms with Crippen LogP contribution in [0.1, 0.15) is 16.2 Å². The summed E-state index contributed by atoms with van der Waals surface area (Å²) in [6.07, 6.45) is 1.00. The van der Waals surface area contributed by atoms with Crippen LogP contribution >= 0.6 is 0 Å². The SMILES string of the molecule is Cc1nc2ncc(C(=O)O)c(=O)n2[nH]1. The first kappa shape index (κ1) is 8.42. The van der Waals surface area contributed by atoms with E-state index >= 15 is 0 Å². The zero-order valence-corrected chi connectivity index (χ0v) is 7.18. The first-order valence-corrected chi connectivity index (χ1v) is 3.77. The zero-order chi connectivity index (χ0) is 10.3. The van der Waals surface area contributed by atoms with E-state index in [2.05, 4.69) is 15.1 Å². The van der Waals surface area contributed by atoms with Gasteiger partial charge >= 0.3 is 5.97 Å². The van der Waals surface area contributed by atoms with E-state index in [-0.39, 0.29) is 11.3 Å². The Labute approximate surface area is 77.0 Å². The fourth-order valence-electron chi connectivity index (χ4n) is 1.11. The number of nitrogens with zero attached hydrogens (tertiary/aromatic N) is 3. The van der Waals surface area contributed by atoms with E-state index in [0.717, 1.165) is 10.7 Å². The van der Waals surface area contributed by atoms with Crippen LogP contribution in [0.25, 0.3) is 5.78 Å². The summed E-state index contributed by atoms with van der Waals surface area (Å²) in [5.74, 6) is -0.640. The van der Waals surface area contributed by atoms with E-state index in [1.54, 1.807) is 6.92 Å². The number of rotatable bonds is 1. The van der Waals surface area contributed by atoms with Crippen molar-refractivity contribution in [1.29, 1.82) is 0 Å². The molecule has 7 heteroatoms. The van der Waals surface area contributed by atoms with E-state index in [4.69, 9.17) is 5.11 Å². The van der Waals surface area contributed by atoms with E-state index in [1.165, 1.54) is 0 Å². The van der Waals surface area contributed by atoms with Gasteiger partial charge in [-0.3, -0.25) is 9.89 Å². The van der Waals surface area contributed by atoms with Gasteiger partial charge < -0.3 is 5.11 Å². The van der Waals surface area contributed by atoms with Gasteiger partial charge in [0, 0.05) is 0 Å². The molecule has 0 atom stereocenters. The smallest absolute Gasteiger partial charge is 0.343 e. The topological polar surface area (TPSA) is 100 Å². The van der Waals surface area contributed by atoms with Crippen molar-refractivity contribution in [2.75, 3.05) is 0 Å². The molecule has 2 aromatic rings. The molecule has 2 heterocycles. The molecule has 0 aliphatic heterocycles. The normalized spacial score (nSPS) is 10.6. The highest BCUT2D eigenvalue weighted by Gasteiger charge is 2.12. The highest BCUT2D eigenvalue weighted by molar-refractivity contribution is 5.86. The molecule has 0 saturated carbocycles. The van der Waals surface area contributed by atoms with Crippen molar-refractivity contribution in [3.63, 3.8) is 0 Å². The first-order chi connectivity index (χ1) is 6.59. The van der Waals surface area contributed by atoms with Gasteiger partial charge in [0.2, 0.25) is 0 Å². The second kappa shape index (κ2) is 2.66. The number of carbonyl (C=O) groups is 1. The van der Waals surface area contributed by atoms with Crippen molar-refractivity contribution in [1.82, 2.24) is 19.6 Å². The zero-order valence-electron chi connectivity index (χ0n) is 7.18. The highest BCUT2D eigenvalue weighted by atomic mass is 16.4. The van der Waals surface area contributed by atoms with E-state index < -0.39 is 11.5 Å². The molecule has 0 bridgehead atoms. The molecular formula is C7H6N4O3. The molecule has 14 heavy (non-hydrogen) atoms. The minimum Gasteiger partial charge on any atom is -0.477 e. The van der Waals surface area contributed by atoms with E-state index in [1.807, 2.05) is 0 Å². The van der Waals surface area contributed by atoms with Crippen LogP contribution in [0.3, 0.4) is 0 Å². The summed E-state index contributed by atoms with van der Waals surface area (Å²) in [4.78, 5) is 29.6.